The number of nitrogens with zero attached hydrogens (tertiary/aromatic N) is 2. The highest BCUT2D eigenvalue weighted by Crippen LogP contribution is 2.24. The third-order valence-electron chi connectivity index (χ3n) is 2.91. The zero-order valence-corrected chi connectivity index (χ0v) is 10.0. The molecule has 0 aliphatic carbocycles. The van der Waals surface area contributed by atoms with Crippen LogP contribution in [0, 0.1) is 0 Å². The number of aromatic nitrogens is 2. The Morgan fingerprint density at radius 3 is 2.76 bits per heavy atom. The van der Waals surface area contributed by atoms with E-state index in [1.807, 2.05) is 30.3 Å². The number of nitrogens with one attached hydrogen (secondary N) is 1. The first-order valence-electron chi connectivity index (χ1n) is 5.66. The fourth-order valence-electron chi connectivity index (χ4n) is 2.02. The third-order valence-corrected chi connectivity index (χ3v) is 3.23. The van der Waals surface area contributed by atoms with Crippen molar-refractivity contribution in [1.29, 1.82) is 0 Å². The quantitative estimate of drug-likeness (QED) is 0.785. The standard InChI is InChI=1S/C13H12ClN3/c14-12-10-8-15-7-6-11(10)16-13(17-12)9-4-2-1-3-5-9/h1-5,15H,6-8H2. The summed E-state index contributed by atoms with van der Waals surface area (Å²) in [7, 11) is 0. The molecule has 4 heteroatoms. The summed E-state index contributed by atoms with van der Waals surface area (Å²) in [5.74, 6) is 0.719. The molecule has 1 aliphatic rings. The molecule has 0 spiro atoms. The number of hydrogen-bond donors (Lipinski definition) is 1. The lowest BCUT2D eigenvalue weighted by molar-refractivity contribution is 0.627. The lowest BCUT2D eigenvalue weighted by atomic mass is 10.1. The zero-order chi connectivity index (χ0) is 11.7. The van der Waals surface area contributed by atoms with E-state index in [1.54, 1.807) is 0 Å². The molecule has 2 heterocycles. The van der Waals surface area contributed by atoms with Crippen LogP contribution in [0.25, 0.3) is 11.4 Å². The predicted octanol–water partition coefficient (Wildman–Crippen LogP) is 2.44. The Labute approximate surface area is 105 Å². The zero-order valence-electron chi connectivity index (χ0n) is 9.28. The molecular weight excluding hydrogens is 234 g/mol. The summed E-state index contributed by atoms with van der Waals surface area (Å²) < 4.78 is 0. The van der Waals surface area contributed by atoms with Crippen molar-refractivity contribution in [3.8, 4) is 11.4 Å². The van der Waals surface area contributed by atoms with E-state index in [2.05, 4.69) is 15.3 Å². The number of fused-ring (bicyclic) bond motifs is 1. The summed E-state index contributed by atoms with van der Waals surface area (Å²) in [5.41, 5.74) is 3.12. The van der Waals surface area contributed by atoms with Crippen LogP contribution < -0.4 is 5.32 Å². The molecular formula is C13H12ClN3. The van der Waals surface area contributed by atoms with Crippen molar-refractivity contribution in [3.63, 3.8) is 0 Å². The first-order valence-corrected chi connectivity index (χ1v) is 6.04. The SMILES string of the molecule is Clc1nc(-c2ccccc2)nc2c1CNCC2. The lowest BCUT2D eigenvalue weighted by Crippen LogP contribution is -2.25. The van der Waals surface area contributed by atoms with Crippen LogP contribution in [0.5, 0.6) is 0 Å². The molecule has 3 nitrogen and oxygen atoms in total. The predicted molar refractivity (Wildman–Crippen MR) is 67.9 cm³/mol. The monoisotopic (exact) mass is 245 g/mol. The number of hydrogen-bond acceptors (Lipinski definition) is 3. The Balaban J connectivity index is 2.11. The van der Waals surface area contributed by atoms with Crippen LogP contribution in [-0.2, 0) is 13.0 Å². The van der Waals surface area contributed by atoms with Gasteiger partial charge in [0.1, 0.15) is 5.15 Å². The van der Waals surface area contributed by atoms with Crippen LogP contribution >= 0.6 is 11.6 Å². The molecule has 2 aromatic rings. The molecule has 17 heavy (non-hydrogen) atoms. The van der Waals surface area contributed by atoms with Gasteiger partial charge in [-0.25, -0.2) is 9.97 Å². The van der Waals surface area contributed by atoms with Gasteiger partial charge < -0.3 is 5.32 Å². The Morgan fingerprint density at radius 1 is 1.12 bits per heavy atom. The van der Waals surface area contributed by atoms with Crippen molar-refractivity contribution in [2.45, 2.75) is 13.0 Å². The first kappa shape index (κ1) is 10.7. The van der Waals surface area contributed by atoms with Gasteiger partial charge in [-0.1, -0.05) is 41.9 Å². The van der Waals surface area contributed by atoms with E-state index < -0.39 is 0 Å². The van der Waals surface area contributed by atoms with Crippen LogP contribution in [0.3, 0.4) is 0 Å². The maximum absolute atomic E-state index is 6.21. The smallest absolute Gasteiger partial charge is 0.161 e. The Hall–Kier alpha value is -1.45. The molecule has 0 atom stereocenters. The van der Waals surface area contributed by atoms with Crippen LogP contribution in [0.15, 0.2) is 30.3 Å². The van der Waals surface area contributed by atoms with Gasteiger partial charge in [0.05, 0.1) is 5.69 Å². The van der Waals surface area contributed by atoms with Gasteiger partial charge >= 0.3 is 0 Å². The molecule has 0 fully saturated rings. The fraction of sp³-hybridized carbons (Fsp3) is 0.231. The highest BCUT2D eigenvalue weighted by atomic mass is 35.5. The Bertz CT molecular complexity index is 540. The van der Waals surface area contributed by atoms with Gasteiger partial charge in [-0.15, -0.1) is 0 Å². The summed E-state index contributed by atoms with van der Waals surface area (Å²) >= 11 is 6.21. The van der Waals surface area contributed by atoms with Crippen molar-refractivity contribution < 1.29 is 0 Å². The van der Waals surface area contributed by atoms with Gasteiger partial charge in [-0.2, -0.15) is 0 Å². The summed E-state index contributed by atoms with van der Waals surface area (Å²) in [6.07, 6.45) is 0.914. The molecule has 1 aromatic heterocycles. The average molecular weight is 246 g/mol. The topological polar surface area (TPSA) is 37.8 Å². The lowest BCUT2D eigenvalue weighted by Gasteiger charge is -2.17. The minimum absolute atomic E-state index is 0.570. The van der Waals surface area contributed by atoms with E-state index in [0.29, 0.717) is 5.15 Å². The van der Waals surface area contributed by atoms with E-state index in [9.17, 15) is 0 Å². The minimum Gasteiger partial charge on any atom is -0.312 e. The van der Waals surface area contributed by atoms with Gasteiger partial charge in [0, 0.05) is 30.6 Å². The van der Waals surface area contributed by atoms with Crippen molar-refractivity contribution in [2.24, 2.45) is 0 Å². The first-order chi connectivity index (χ1) is 8.34. The average Bonchev–Trinajstić information content (AvgIpc) is 2.40. The second-order valence-corrected chi connectivity index (χ2v) is 4.41. The third kappa shape index (κ3) is 2.04. The fourth-order valence-corrected chi connectivity index (χ4v) is 2.27. The Morgan fingerprint density at radius 2 is 1.94 bits per heavy atom. The van der Waals surface area contributed by atoms with Gasteiger partial charge in [-0.3, -0.25) is 0 Å². The summed E-state index contributed by atoms with van der Waals surface area (Å²) in [6, 6.07) is 9.94. The van der Waals surface area contributed by atoms with Gasteiger partial charge in [0.15, 0.2) is 5.82 Å². The second kappa shape index (κ2) is 4.43. The Kier molecular flexibility index (Phi) is 2.79. The van der Waals surface area contributed by atoms with Crippen LogP contribution in [-0.4, -0.2) is 16.5 Å². The van der Waals surface area contributed by atoms with Crippen molar-refractivity contribution in [3.05, 3.63) is 46.7 Å². The van der Waals surface area contributed by atoms with E-state index in [1.165, 1.54) is 0 Å². The molecule has 0 saturated carbocycles. The molecule has 0 amide bonds. The minimum atomic E-state index is 0.570. The molecule has 1 aliphatic heterocycles. The van der Waals surface area contributed by atoms with Crippen molar-refractivity contribution in [2.75, 3.05) is 6.54 Å². The molecule has 0 bridgehead atoms. The molecule has 0 radical (unpaired) electrons. The number of rotatable bonds is 1. The second-order valence-electron chi connectivity index (χ2n) is 4.06. The number of halogens is 1. The molecule has 3 rings (SSSR count). The van der Waals surface area contributed by atoms with Gasteiger partial charge in [0.2, 0.25) is 0 Å². The van der Waals surface area contributed by atoms with Crippen LogP contribution in [0.4, 0.5) is 0 Å². The largest absolute Gasteiger partial charge is 0.312 e. The van der Waals surface area contributed by atoms with E-state index in [4.69, 9.17) is 11.6 Å². The summed E-state index contributed by atoms with van der Waals surface area (Å²) in [4.78, 5) is 8.98. The van der Waals surface area contributed by atoms with Crippen molar-refractivity contribution in [1.82, 2.24) is 15.3 Å². The summed E-state index contributed by atoms with van der Waals surface area (Å²) in [6.45, 7) is 1.72. The highest BCUT2D eigenvalue weighted by molar-refractivity contribution is 6.30. The van der Waals surface area contributed by atoms with Crippen molar-refractivity contribution >= 4 is 11.6 Å². The van der Waals surface area contributed by atoms with Crippen LogP contribution in [0.2, 0.25) is 5.15 Å². The highest BCUT2D eigenvalue weighted by Gasteiger charge is 2.16. The van der Waals surface area contributed by atoms with E-state index in [-0.39, 0.29) is 0 Å². The van der Waals surface area contributed by atoms with E-state index >= 15 is 0 Å². The molecule has 1 aromatic carbocycles. The normalized spacial score (nSPS) is 14.4. The summed E-state index contributed by atoms with van der Waals surface area (Å²) in [5, 5.41) is 3.85. The molecule has 1 N–H and O–H groups in total. The van der Waals surface area contributed by atoms with Gasteiger partial charge in [-0.05, 0) is 0 Å². The maximum atomic E-state index is 6.21. The molecule has 86 valence electrons. The van der Waals surface area contributed by atoms with E-state index in [0.717, 1.165) is 42.2 Å². The molecule has 0 unspecified atom stereocenters. The maximum Gasteiger partial charge on any atom is 0.161 e. The number of benzene rings is 1. The van der Waals surface area contributed by atoms with Gasteiger partial charge in [0.25, 0.3) is 0 Å². The van der Waals surface area contributed by atoms with Crippen LogP contribution in [0.1, 0.15) is 11.3 Å². The molecule has 0 saturated heterocycles.